The van der Waals surface area contributed by atoms with Gasteiger partial charge in [-0.3, -0.25) is 9.59 Å². The van der Waals surface area contributed by atoms with Gasteiger partial charge in [0.2, 0.25) is 11.7 Å². The third-order valence-electron chi connectivity index (χ3n) is 3.94. The molecule has 2 rings (SSSR count). The summed E-state index contributed by atoms with van der Waals surface area (Å²) >= 11 is 0. The van der Waals surface area contributed by atoms with Crippen LogP contribution in [0.25, 0.3) is 0 Å². The van der Waals surface area contributed by atoms with Crippen LogP contribution in [0.15, 0.2) is 48.5 Å². The Labute approximate surface area is 157 Å². The zero-order valence-electron chi connectivity index (χ0n) is 15.2. The Balaban J connectivity index is 1.97. The van der Waals surface area contributed by atoms with Crippen LogP contribution in [0.5, 0.6) is 0 Å². The van der Waals surface area contributed by atoms with Gasteiger partial charge in [-0.15, -0.1) is 0 Å². The molecule has 27 heavy (non-hydrogen) atoms. The van der Waals surface area contributed by atoms with Crippen molar-refractivity contribution in [3.05, 3.63) is 65.2 Å². The first-order chi connectivity index (χ1) is 12.9. The number of nitrogens with zero attached hydrogens (tertiary/aromatic N) is 1. The van der Waals surface area contributed by atoms with Crippen molar-refractivity contribution < 1.29 is 19.1 Å². The fourth-order valence-electron chi connectivity index (χ4n) is 2.39. The third-order valence-corrected chi connectivity index (χ3v) is 3.94. The number of nitriles is 1. The molecule has 0 spiro atoms. The highest BCUT2D eigenvalue weighted by Crippen LogP contribution is 2.14. The number of ketones is 1. The normalized spacial score (nSPS) is 11.1. The molecule has 1 N–H and O–H groups in total. The zero-order chi connectivity index (χ0) is 19.8. The molecule has 0 aliphatic carbocycles. The molecule has 6 nitrogen and oxygen atoms in total. The molecule has 0 radical (unpaired) electrons. The van der Waals surface area contributed by atoms with E-state index in [1.165, 1.54) is 31.2 Å². The van der Waals surface area contributed by atoms with Crippen LogP contribution in [0.1, 0.15) is 46.5 Å². The van der Waals surface area contributed by atoms with Gasteiger partial charge in [0.05, 0.1) is 11.6 Å². The topological polar surface area (TPSA) is 96.3 Å². The molecule has 1 amide bonds. The number of nitrogens with one attached hydrogen (secondary N) is 1. The maximum absolute atomic E-state index is 12.4. The number of carbonyl (C=O) groups is 3. The van der Waals surface area contributed by atoms with E-state index < -0.39 is 18.0 Å². The van der Waals surface area contributed by atoms with Gasteiger partial charge in [0, 0.05) is 11.3 Å². The monoisotopic (exact) mass is 364 g/mol. The van der Waals surface area contributed by atoms with Gasteiger partial charge in [0.25, 0.3) is 0 Å². The van der Waals surface area contributed by atoms with Crippen LogP contribution < -0.4 is 5.32 Å². The van der Waals surface area contributed by atoms with Crippen LogP contribution in [0, 0.1) is 11.3 Å². The van der Waals surface area contributed by atoms with Crippen molar-refractivity contribution in [3.63, 3.8) is 0 Å². The highest BCUT2D eigenvalue weighted by atomic mass is 16.5. The molecule has 0 fully saturated rings. The Morgan fingerprint density at radius 2 is 1.63 bits per heavy atom. The molecule has 2 aromatic rings. The minimum atomic E-state index is -0.917. The molecule has 6 heteroatoms. The highest BCUT2D eigenvalue weighted by Gasteiger charge is 2.20. The molecule has 2 aromatic carbocycles. The van der Waals surface area contributed by atoms with Crippen molar-refractivity contribution in [2.24, 2.45) is 0 Å². The quantitative estimate of drug-likeness (QED) is 0.599. The summed E-state index contributed by atoms with van der Waals surface area (Å²) in [6, 6.07) is 15.0. The number of carbonyl (C=O) groups excluding carboxylic acids is 3. The van der Waals surface area contributed by atoms with Crippen molar-refractivity contribution in [2.45, 2.75) is 32.8 Å². The molecule has 1 atom stereocenters. The van der Waals surface area contributed by atoms with Crippen LogP contribution in [0.2, 0.25) is 0 Å². The fraction of sp³-hybridized carbons (Fsp3) is 0.238. The van der Waals surface area contributed by atoms with Gasteiger partial charge < -0.3 is 10.1 Å². The van der Waals surface area contributed by atoms with Gasteiger partial charge in [-0.2, -0.15) is 5.26 Å². The minimum absolute atomic E-state index is 0.247. The van der Waals surface area contributed by atoms with Crippen LogP contribution >= 0.6 is 0 Å². The lowest BCUT2D eigenvalue weighted by atomic mass is 10.0. The zero-order valence-corrected chi connectivity index (χ0v) is 15.2. The first kappa shape index (κ1) is 19.9. The second-order valence-corrected chi connectivity index (χ2v) is 5.92. The highest BCUT2D eigenvalue weighted by molar-refractivity contribution is 6.01. The summed E-state index contributed by atoms with van der Waals surface area (Å²) < 4.78 is 5.25. The molecular weight excluding hydrogens is 344 g/mol. The SMILES string of the molecule is CCc1ccc(C(=O)[C@H](C)OC(=O)c2ccc(NC(=O)CC#N)cc2)cc1. The number of hydrogen-bond acceptors (Lipinski definition) is 5. The third kappa shape index (κ3) is 5.51. The van der Waals surface area contributed by atoms with Gasteiger partial charge in [-0.1, -0.05) is 31.2 Å². The van der Waals surface area contributed by atoms with E-state index in [0.29, 0.717) is 11.3 Å². The smallest absolute Gasteiger partial charge is 0.338 e. The fourth-order valence-corrected chi connectivity index (χ4v) is 2.39. The van der Waals surface area contributed by atoms with E-state index >= 15 is 0 Å². The van der Waals surface area contributed by atoms with Gasteiger partial charge in [-0.05, 0) is 43.2 Å². The molecule has 138 valence electrons. The van der Waals surface area contributed by atoms with Crippen LogP contribution in [0.4, 0.5) is 5.69 Å². The van der Waals surface area contributed by atoms with E-state index in [9.17, 15) is 14.4 Å². The predicted molar refractivity (Wildman–Crippen MR) is 100 cm³/mol. The second-order valence-electron chi connectivity index (χ2n) is 5.92. The number of anilines is 1. The molecular formula is C21H20N2O4. The van der Waals surface area contributed by atoms with Gasteiger partial charge in [-0.25, -0.2) is 4.79 Å². The number of hydrogen-bond donors (Lipinski definition) is 1. The first-order valence-electron chi connectivity index (χ1n) is 8.55. The first-order valence-corrected chi connectivity index (χ1v) is 8.55. The van der Waals surface area contributed by atoms with Gasteiger partial charge in [0.1, 0.15) is 6.42 Å². The molecule has 0 aliphatic rings. The number of aryl methyl sites for hydroxylation is 1. The summed E-state index contributed by atoms with van der Waals surface area (Å²) in [5.41, 5.74) is 2.34. The van der Waals surface area contributed by atoms with E-state index in [0.717, 1.165) is 12.0 Å². The number of benzene rings is 2. The van der Waals surface area contributed by atoms with E-state index in [2.05, 4.69) is 5.32 Å². The summed E-state index contributed by atoms with van der Waals surface area (Å²) in [4.78, 5) is 36.0. The van der Waals surface area contributed by atoms with E-state index in [-0.39, 0.29) is 17.8 Å². The molecule has 0 saturated heterocycles. The molecule has 0 heterocycles. The standard InChI is InChI=1S/C21H20N2O4/c1-3-15-4-6-16(7-5-15)20(25)14(2)27-21(26)17-8-10-18(11-9-17)23-19(24)12-13-22/h4-11,14H,3,12H2,1-2H3,(H,23,24)/t14-/m0/s1. The van der Waals surface area contributed by atoms with E-state index in [1.54, 1.807) is 18.2 Å². The Morgan fingerprint density at radius 1 is 1.04 bits per heavy atom. The van der Waals surface area contributed by atoms with Crippen molar-refractivity contribution in [2.75, 3.05) is 5.32 Å². The number of ether oxygens (including phenoxy) is 1. The Kier molecular flexibility index (Phi) is 6.84. The van der Waals surface area contributed by atoms with Crippen LogP contribution in [-0.2, 0) is 16.0 Å². The number of rotatable bonds is 7. The number of Topliss-reactive ketones (excluding diaryl/α,β-unsaturated/α-hetero) is 1. The Bertz CT molecular complexity index is 865. The van der Waals surface area contributed by atoms with Crippen molar-refractivity contribution in [1.29, 1.82) is 5.26 Å². The van der Waals surface area contributed by atoms with Crippen LogP contribution in [-0.4, -0.2) is 23.8 Å². The van der Waals surface area contributed by atoms with Crippen molar-refractivity contribution >= 4 is 23.3 Å². The predicted octanol–water partition coefficient (Wildman–Crippen LogP) is 3.53. The maximum Gasteiger partial charge on any atom is 0.338 e. The van der Waals surface area contributed by atoms with E-state index in [1.807, 2.05) is 19.1 Å². The average Bonchev–Trinajstić information content (AvgIpc) is 2.68. The maximum atomic E-state index is 12.4. The molecule has 0 aromatic heterocycles. The molecule has 0 aliphatic heterocycles. The Hall–Kier alpha value is -3.46. The minimum Gasteiger partial charge on any atom is -0.451 e. The van der Waals surface area contributed by atoms with Crippen LogP contribution in [0.3, 0.4) is 0 Å². The van der Waals surface area contributed by atoms with Crippen molar-refractivity contribution in [1.82, 2.24) is 0 Å². The summed E-state index contributed by atoms with van der Waals surface area (Å²) in [5, 5.41) is 11.0. The lowest BCUT2D eigenvalue weighted by Crippen LogP contribution is -2.24. The van der Waals surface area contributed by atoms with Gasteiger partial charge >= 0.3 is 5.97 Å². The second kappa shape index (κ2) is 9.30. The molecule has 0 unspecified atom stereocenters. The lowest BCUT2D eigenvalue weighted by Gasteiger charge is -2.13. The number of esters is 1. The largest absolute Gasteiger partial charge is 0.451 e. The summed E-state index contributed by atoms with van der Waals surface area (Å²) in [6.45, 7) is 3.56. The lowest BCUT2D eigenvalue weighted by molar-refractivity contribution is -0.115. The van der Waals surface area contributed by atoms with Crippen molar-refractivity contribution in [3.8, 4) is 6.07 Å². The summed E-state index contributed by atoms with van der Waals surface area (Å²) in [5.74, 6) is -1.33. The summed E-state index contributed by atoms with van der Waals surface area (Å²) in [6.07, 6.45) is -0.283. The number of amides is 1. The van der Waals surface area contributed by atoms with E-state index in [4.69, 9.17) is 10.00 Å². The summed E-state index contributed by atoms with van der Waals surface area (Å²) in [7, 11) is 0. The van der Waals surface area contributed by atoms with Gasteiger partial charge in [0.15, 0.2) is 6.10 Å². The molecule has 0 bridgehead atoms. The average molecular weight is 364 g/mol. The Morgan fingerprint density at radius 3 is 2.19 bits per heavy atom. The molecule has 0 saturated carbocycles.